The van der Waals surface area contributed by atoms with E-state index in [1.807, 2.05) is 4.90 Å². The molecule has 0 spiro atoms. The second-order valence-corrected chi connectivity index (χ2v) is 5.04. The molecule has 88 valence electrons. The van der Waals surface area contributed by atoms with Gasteiger partial charge in [-0.25, -0.2) is 10.1 Å². The summed E-state index contributed by atoms with van der Waals surface area (Å²) in [4.78, 5) is 10.1. The minimum absolute atomic E-state index is 0.384. The normalized spacial score (nSPS) is 18.7. The van der Waals surface area contributed by atoms with Crippen LogP contribution in [0.15, 0.2) is 18.6 Å². The summed E-state index contributed by atoms with van der Waals surface area (Å²) >= 11 is 0. The molecule has 1 aromatic rings. The van der Waals surface area contributed by atoms with Crippen molar-refractivity contribution < 1.29 is 8.42 Å². The van der Waals surface area contributed by atoms with Crippen molar-refractivity contribution in [3.05, 3.63) is 18.6 Å². The minimum Gasteiger partial charge on any atom is -0.353 e. The van der Waals surface area contributed by atoms with Crippen molar-refractivity contribution in [3.8, 4) is 0 Å². The van der Waals surface area contributed by atoms with Crippen molar-refractivity contribution in [3.63, 3.8) is 0 Å². The zero-order valence-corrected chi connectivity index (χ0v) is 9.47. The van der Waals surface area contributed by atoms with Crippen LogP contribution in [0.4, 0.5) is 5.82 Å². The highest BCUT2D eigenvalue weighted by atomic mass is 32.2. The monoisotopic (exact) mass is 243 g/mol. The smallest absolute Gasteiger partial charge is 0.277 e. The fourth-order valence-electron chi connectivity index (χ4n) is 1.63. The Hall–Kier alpha value is -1.25. The highest BCUT2D eigenvalue weighted by Gasteiger charge is 2.24. The van der Waals surface area contributed by atoms with Crippen molar-refractivity contribution in [2.45, 2.75) is 0 Å². The minimum atomic E-state index is -3.56. The van der Waals surface area contributed by atoms with Crippen LogP contribution in [0.3, 0.4) is 0 Å². The molecular formula is C8H13N5O2S. The number of anilines is 1. The third-order valence-electron chi connectivity index (χ3n) is 2.47. The van der Waals surface area contributed by atoms with Gasteiger partial charge >= 0.3 is 0 Å². The molecular weight excluding hydrogens is 230 g/mol. The first kappa shape index (κ1) is 11.2. The maximum absolute atomic E-state index is 11.1. The first-order chi connectivity index (χ1) is 7.57. The molecule has 0 atom stereocenters. The van der Waals surface area contributed by atoms with Crippen molar-refractivity contribution in [2.75, 3.05) is 31.1 Å². The van der Waals surface area contributed by atoms with Crippen molar-refractivity contribution in [1.29, 1.82) is 0 Å². The number of nitrogens with two attached hydrogens (primary N) is 1. The van der Waals surface area contributed by atoms with Crippen LogP contribution in [0.1, 0.15) is 0 Å². The van der Waals surface area contributed by atoms with Gasteiger partial charge in [0, 0.05) is 38.6 Å². The van der Waals surface area contributed by atoms with Gasteiger partial charge in [-0.15, -0.1) is 0 Å². The Morgan fingerprint density at radius 2 is 1.88 bits per heavy atom. The standard InChI is InChI=1S/C8H13N5O2S/c9-16(14,15)13-5-3-12(4-6-13)8-7-10-1-2-11-8/h1-2,7H,3-6H2,(H2,9,14,15). The Labute approximate surface area is 94.1 Å². The lowest BCUT2D eigenvalue weighted by molar-refractivity contribution is 0.384. The summed E-state index contributed by atoms with van der Waals surface area (Å²) in [6.45, 7) is 1.93. The Balaban J connectivity index is 2.01. The topological polar surface area (TPSA) is 92.4 Å². The SMILES string of the molecule is NS(=O)(=O)N1CCN(c2cnccn2)CC1. The molecule has 0 amide bonds. The Kier molecular flexibility index (Phi) is 3.03. The molecule has 0 radical (unpaired) electrons. The van der Waals surface area contributed by atoms with Crippen LogP contribution < -0.4 is 10.0 Å². The number of piperazine rings is 1. The fourth-order valence-corrected chi connectivity index (χ4v) is 2.30. The highest BCUT2D eigenvalue weighted by Crippen LogP contribution is 2.12. The summed E-state index contributed by atoms with van der Waals surface area (Å²) in [5.74, 6) is 0.761. The maximum atomic E-state index is 11.1. The van der Waals surface area contributed by atoms with Crippen LogP contribution in [0.25, 0.3) is 0 Å². The van der Waals surface area contributed by atoms with E-state index >= 15 is 0 Å². The zero-order valence-electron chi connectivity index (χ0n) is 8.65. The molecule has 1 aliphatic heterocycles. The molecule has 1 fully saturated rings. The molecule has 7 nitrogen and oxygen atoms in total. The molecule has 16 heavy (non-hydrogen) atoms. The van der Waals surface area contributed by atoms with Crippen molar-refractivity contribution >= 4 is 16.0 Å². The molecule has 0 unspecified atom stereocenters. The van der Waals surface area contributed by atoms with Crippen LogP contribution in [0, 0.1) is 0 Å². The molecule has 0 aliphatic carbocycles. The average molecular weight is 243 g/mol. The van der Waals surface area contributed by atoms with Gasteiger partial charge in [-0.1, -0.05) is 0 Å². The van der Waals surface area contributed by atoms with Gasteiger partial charge in [0.2, 0.25) is 0 Å². The van der Waals surface area contributed by atoms with Gasteiger partial charge in [0.1, 0.15) is 5.82 Å². The second kappa shape index (κ2) is 4.32. The first-order valence-corrected chi connectivity index (χ1v) is 6.36. The van der Waals surface area contributed by atoms with Gasteiger partial charge in [0.15, 0.2) is 0 Å². The van der Waals surface area contributed by atoms with Gasteiger partial charge in [-0.2, -0.15) is 12.7 Å². The number of nitrogens with zero attached hydrogens (tertiary/aromatic N) is 4. The van der Waals surface area contributed by atoms with E-state index in [0.29, 0.717) is 26.2 Å². The van der Waals surface area contributed by atoms with Gasteiger partial charge < -0.3 is 4.90 Å². The molecule has 0 bridgehead atoms. The quantitative estimate of drug-likeness (QED) is 0.704. The molecule has 1 aliphatic rings. The first-order valence-electron chi connectivity index (χ1n) is 4.86. The van der Waals surface area contributed by atoms with E-state index < -0.39 is 10.2 Å². The van der Waals surface area contributed by atoms with Gasteiger partial charge in [-0.3, -0.25) is 4.98 Å². The van der Waals surface area contributed by atoms with Crippen molar-refractivity contribution in [2.24, 2.45) is 5.14 Å². The molecule has 2 heterocycles. The fraction of sp³-hybridized carbons (Fsp3) is 0.500. The number of aromatic nitrogens is 2. The lowest BCUT2D eigenvalue weighted by Crippen LogP contribution is -2.50. The largest absolute Gasteiger partial charge is 0.353 e. The van der Waals surface area contributed by atoms with E-state index in [1.54, 1.807) is 18.6 Å². The number of hydrogen-bond acceptors (Lipinski definition) is 5. The predicted molar refractivity (Wildman–Crippen MR) is 58.9 cm³/mol. The second-order valence-electron chi connectivity index (χ2n) is 3.49. The lowest BCUT2D eigenvalue weighted by atomic mass is 10.3. The van der Waals surface area contributed by atoms with E-state index in [0.717, 1.165) is 5.82 Å². The molecule has 2 rings (SSSR count). The molecule has 2 N–H and O–H groups in total. The molecule has 1 aromatic heterocycles. The summed E-state index contributed by atoms with van der Waals surface area (Å²) < 4.78 is 23.4. The molecule has 8 heteroatoms. The van der Waals surface area contributed by atoms with Crippen LogP contribution in [0.5, 0.6) is 0 Å². The van der Waals surface area contributed by atoms with E-state index in [1.165, 1.54) is 4.31 Å². The lowest BCUT2D eigenvalue weighted by Gasteiger charge is -2.33. The molecule has 0 saturated carbocycles. The van der Waals surface area contributed by atoms with E-state index in [2.05, 4.69) is 9.97 Å². The van der Waals surface area contributed by atoms with E-state index in [4.69, 9.17) is 5.14 Å². The van der Waals surface area contributed by atoms with E-state index in [-0.39, 0.29) is 0 Å². The maximum Gasteiger partial charge on any atom is 0.277 e. The third kappa shape index (κ3) is 2.46. The van der Waals surface area contributed by atoms with Crippen LogP contribution in [0.2, 0.25) is 0 Å². The average Bonchev–Trinajstić information content (AvgIpc) is 2.29. The predicted octanol–water partition coefficient (Wildman–Crippen LogP) is -1.20. The Morgan fingerprint density at radius 3 is 2.38 bits per heavy atom. The van der Waals surface area contributed by atoms with Crippen LogP contribution in [-0.2, 0) is 10.2 Å². The third-order valence-corrected chi connectivity index (χ3v) is 3.56. The summed E-state index contributed by atoms with van der Waals surface area (Å²) in [6, 6.07) is 0. The summed E-state index contributed by atoms with van der Waals surface area (Å²) in [7, 11) is -3.56. The van der Waals surface area contributed by atoms with Crippen LogP contribution in [-0.4, -0.2) is 48.9 Å². The summed E-state index contributed by atoms with van der Waals surface area (Å²) in [5.41, 5.74) is 0. The summed E-state index contributed by atoms with van der Waals surface area (Å²) in [5, 5.41) is 5.05. The van der Waals surface area contributed by atoms with Crippen molar-refractivity contribution in [1.82, 2.24) is 14.3 Å². The van der Waals surface area contributed by atoms with Gasteiger partial charge in [0.25, 0.3) is 10.2 Å². The number of rotatable bonds is 2. The number of hydrogen-bond donors (Lipinski definition) is 1. The molecule has 0 aromatic carbocycles. The zero-order chi connectivity index (χ0) is 11.6. The Morgan fingerprint density at radius 1 is 1.19 bits per heavy atom. The highest BCUT2D eigenvalue weighted by molar-refractivity contribution is 7.86. The van der Waals surface area contributed by atoms with Gasteiger partial charge in [0.05, 0.1) is 6.20 Å². The Bertz CT molecular complexity index is 441. The van der Waals surface area contributed by atoms with E-state index in [9.17, 15) is 8.42 Å². The molecule has 1 saturated heterocycles. The van der Waals surface area contributed by atoms with Crippen LogP contribution >= 0.6 is 0 Å². The van der Waals surface area contributed by atoms with Gasteiger partial charge in [-0.05, 0) is 0 Å². The summed E-state index contributed by atoms with van der Waals surface area (Å²) in [6.07, 6.45) is 4.87.